The molecule has 21 heavy (non-hydrogen) atoms. The Kier molecular flexibility index (Phi) is 3.47. The van der Waals surface area contributed by atoms with Crippen molar-refractivity contribution in [3.63, 3.8) is 0 Å². The summed E-state index contributed by atoms with van der Waals surface area (Å²) < 4.78 is 19.1. The average molecular weight is 370 g/mol. The molecule has 0 radical (unpaired) electrons. The van der Waals surface area contributed by atoms with Gasteiger partial charge in [-0.05, 0) is 34.1 Å². The lowest BCUT2D eigenvalue weighted by Crippen LogP contribution is -2.00. The minimum absolute atomic E-state index is 0.110. The number of hydrogen-bond donors (Lipinski definition) is 1. The highest BCUT2D eigenvalue weighted by Gasteiger charge is 2.14. The van der Waals surface area contributed by atoms with E-state index in [0.717, 1.165) is 6.07 Å². The van der Waals surface area contributed by atoms with Gasteiger partial charge >= 0.3 is 0 Å². The summed E-state index contributed by atoms with van der Waals surface area (Å²) in [6, 6.07) is 8.35. The van der Waals surface area contributed by atoms with Crippen molar-refractivity contribution < 1.29 is 13.9 Å². The number of aromatic hydroxyl groups is 1. The molecule has 0 aliphatic carbocycles. The molecule has 3 nitrogen and oxygen atoms in total. The molecule has 0 aliphatic heterocycles. The van der Waals surface area contributed by atoms with Crippen LogP contribution in [0, 0.1) is 5.82 Å². The summed E-state index contributed by atoms with van der Waals surface area (Å²) in [5, 5.41) is 10.5. The second-order valence-corrected chi connectivity index (χ2v) is 5.64. The van der Waals surface area contributed by atoms with Gasteiger partial charge in [0.1, 0.15) is 17.3 Å². The normalized spacial score (nSPS) is 11.0. The zero-order valence-electron chi connectivity index (χ0n) is 10.4. The topological polar surface area (TPSA) is 50.4 Å². The highest BCUT2D eigenvalue weighted by Crippen LogP contribution is 2.35. The predicted octanol–water partition coefficient (Wildman–Crippen LogP) is 4.72. The lowest BCUT2D eigenvalue weighted by atomic mass is 10.1. The maximum absolute atomic E-state index is 13.4. The number of para-hydroxylation sites is 1. The van der Waals surface area contributed by atoms with Crippen molar-refractivity contribution in [3.05, 3.63) is 61.9 Å². The van der Waals surface area contributed by atoms with Crippen molar-refractivity contribution >= 4 is 38.5 Å². The first-order valence-corrected chi connectivity index (χ1v) is 7.05. The molecule has 106 valence electrons. The van der Waals surface area contributed by atoms with Crippen molar-refractivity contribution in [2.45, 2.75) is 0 Å². The van der Waals surface area contributed by atoms with E-state index < -0.39 is 5.82 Å². The Bertz CT molecular complexity index is 921. The molecule has 0 unspecified atom stereocenters. The molecule has 0 amide bonds. The SMILES string of the molecule is O=c1cc(-c2cc(Br)c(F)cc2O)oc2c(Cl)cccc12. The van der Waals surface area contributed by atoms with Gasteiger partial charge in [-0.3, -0.25) is 4.79 Å². The third-order valence-corrected chi connectivity index (χ3v) is 3.92. The molecule has 1 heterocycles. The summed E-state index contributed by atoms with van der Waals surface area (Å²) in [5.41, 5.74) is 0.123. The standard InChI is InChI=1S/C15H7BrClFO3/c16-9-4-8(12(19)5-11(9)18)14-6-13(20)7-2-1-3-10(17)15(7)21-14/h1-6,19H. The number of hydrogen-bond acceptors (Lipinski definition) is 3. The predicted molar refractivity (Wildman–Crippen MR) is 82.3 cm³/mol. The molecule has 6 heteroatoms. The van der Waals surface area contributed by atoms with E-state index >= 15 is 0 Å². The first kappa shape index (κ1) is 14.1. The number of benzene rings is 2. The molecule has 0 bridgehead atoms. The van der Waals surface area contributed by atoms with E-state index in [9.17, 15) is 14.3 Å². The van der Waals surface area contributed by atoms with Crippen molar-refractivity contribution in [3.8, 4) is 17.1 Å². The summed E-state index contributed by atoms with van der Waals surface area (Å²) in [5.74, 6) is -0.832. The Hall–Kier alpha value is -1.85. The first-order valence-electron chi connectivity index (χ1n) is 5.88. The zero-order valence-corrected chi connectivity index (χ0v) is 12.7. The minimum atomic E-state index is -0.614. The highest BCUT2D eigenvalue weighted by molar-refractivity contribution is 9.10. The van der Waals surface area contributed by atoms with Crippen molar-refractivity contribution in [2.24, 2.45) is 0 Å². The maximum Gasteiger partial charge on any atom is 0.193 e. The van der Waals surface area contributed by atoms with Gasteiger partial charge in [0.2, 0.25) is 0 Å². The second kappa shape index (κ2) is 5.16. The van der Waals surface area contributed by atoms with Gasteiger partial charge < -0.3 is 9.52 Å². The summed E-state index contributed by atoms with van der Waals surface area (Å²) >= 11 is 9.05. The van der Waals surface area contributed by atoms with E-state index in [1.54, 1.807) is 18.2 Å². The number of phenols is 1. The summed E-state index contributed by atoms with van der Waals surface area (Å²) in [6.45, 7) is 0. The van der Waals surface area contributed by atoms with Gasteiger partial charge in [0.25, 0.3) is 0 Å². The van der Waals surface area contributed by atoms with Crippen LogP contribution in [0.25, 0.3) is 22.3 Å². The number of phenolic OH excluding ortho intramolecular Hbond substituents is 1. The Morgan fingerprint density at radius 1 is 1.24 bits per heavy atom. The van der Waals surface area contributed by atoms with Gasteiger partial charge in [0.05, 0.1) is 20.4 Å². The minimum Gasteiger partial charge on any atom is -0.507 e. The van der Waals surface area contributed by atoms with E-state index in [-0.39, 0.29) is 37.6 Å². The third kappa shape index (κ3) is 2.43. The highest BCUT2D eigenvalue weighted by atomic mass is 79.9. The van der Waals surface area contributed by atoms with Gasteiger partial charge in [0, 0.05) is 12.1 Å². The number of fused-ring (bicyclic) bond motifs is 1. The fraction of sp³-hybridized carbons (Fsp3) is 0. The molecule has 0 saturated heterocycles. The molecular formula is C15H7BrClFO3. The van der Waals surface area contributed by atoms with Crippen LogP contribution in [0.2, 0.25) is 5.02 Å². The quantitative estimate of drug-likeness (QED) is 0.675. The van der Waals surface area contributed by atoms with Gasteiger partial charge in [-0.2, -0.15) is 0 Å². The molecule has 0 spiro atoms. The molecule has 0 fully saturated rings. The fourth-order valence-corrected chi connectivity index (χ4v) is 2.57. The van der Waals surface area contributed by atoms with Crippen LogP contribution in [0.15, 0.2) is 50.1 Å². The smallest absolute Gasteiger partial charge is 0.193 e. The molecule has 3 aromatic rings. The van der Waals surface area contributed by atoms with E-state index in [1.165, 1.54) is 12.1 Å². The monoisotopic (exact) mass is 368 g/mol. The first-order chi connectivity index (χ1) is 9.97. The Labute approximate surface area is 131 Å². The van der Waals surface area contributed by atoms with Gasteiger partial charge in [-0.25, -0.2) is 4.39 Å². The maximum atomic E-state index is 13.4. The Morgan fingerprint density at radius 3 is 2.76 bits per heavy atom. The largest absolute Gasteiger partial charge is 0.507 e. The molecule has 2 aromatic carbocycles. The van der Waals surface area contributed by atoms with Crippen LogP contribution in [0.4, 0.5) is 4.39 Å². The van der Waals surface area contributed by atoms with Gasteiger partial charge in [-0.1, -0.05) is 17.7 Å². The fourth-order valence-electron chi connectivity index (χ4n) is 2.01. The average Bonchev–Trinajstić information content (AvgIpc) is 2.44. The van der Waals surface area contributed by atoms with Crippen molar-refractivity contribution in [2.75, 3.05) is 0 Å². The van der Waals surface area contributed by atoms with Crippen molar-refractivity contribution in [1.82, 2.24) is 0 Å². The van der Waals surface area contributed by atoms with Crippen LogP contribution >= 0.6 is 27.5 Å². The van der Waals surface area contributed by atoms with Gasteiger partial charge in [0.15, 0.2) is 11.0 Å². The van der Waals surface area contributed by atoms with Crippen LogP contribution in [0.3, 0.4) is 0 Å². The Morgan fingerprint density at radius 2 is 2.00 bits per heavy atom. The lowest BCUT2D eigenvalue weighted by molar-refractivity contribution is 0.467. The molecule has 3 rings (SSSR count). The third-order valence-electron chi connectivity index (χ3n) is 3.01. The molecule has 1 aromatic heterocycles. The van der Waals surface area contributed by atoms with Gasteiger partial charge in [-0.15, -0.1) is 0 Å². The molecular weight excluding hydrogens is 363 g/mol. The molecule has 0 atom stereocenters. The molecule has 1 N–H and O–H groups in total. The van der Waals surface area contributed by atoms with Crippen LogP contribution < -0.4 is 5.43 Å². The zero-order chi connectivity index (χ0) is 15.1. The van der Waals surface area contributed by atoms with E-state index in [1.807, 2.05) is 0 Å². The van der Waals surface area contributed by atoms with Crippen LogP contribution in [0.5, 0.6) is 5.75 Å². The van der Waals surface area contributed by atoms with E-state index in [2.05, 4.69) is 15.9 Å². The summed E-state index contributed by atoms with van der Waals surface area (Å²) in [6.07, 6.45) is 0. The van der Waals surface area contributed by atoms with E-state index in [0.29, 0.717) is 5.39 Å². The second-order valence-electron chi connectivity index (χ2n) is 4.37. The van der Waals surface area contributed by atoms with Crippen LogP contribution in [-0.2, 0) is 0 Å². The summed E-state index contributed by atoms with van der Waals surface area (Å²) in [4.78, 5) is 12.1. The van der Waals surface area contributed by atoms with Crippen molar-refractivity contribution in [1.29, 1.82) is 0 Å². The Balaban J connectivity index is 2.34. The molecule has 0 saturated carbocycles. The molecule has 0 aliphatic rings. The summed E-state index contributed by atoms with van der Waals surface area (Å²) in [7, 11) is 0. The van der Waals surface area contributed by atoms with E-state index in [4.69, 9.17) is 16.0 Å². The number of rotatable bonds is 1. The van der Waals surface area contributed by atoms with Crippen LogP contribution in [-0.4, -0.2) is 5.11 Å². The number of halogens is 3. The lowest BCUT2D eigenvalue weighted by Gasteiger charge is -2.07. The van der Waals surface area contributed by atoms with Crippen LogP contribution in [0.1, 0.15) is 0 Å².